The van der Waals surface area contributed by atoms with Gasteiger partial charge in [-0.3, -0.25) is 0 Å². The molecule has 0 fully saturated rings. The molecule has 0 spiro atoms. The number of hydrogen-bond donors (Lipinski definition) is 2. The highest BCUT2D eigenvalue weighted by atomic mass is 32.1. The SMILES string of the molecule is COc1nc(C#CCCS)cnc1N. The molecule has 0 aliphatic carbocycles. The molecule has 14 heavy (non-hydrogen) atoms. The molecule has 0 radical (unpaired) electrons. The molecule has 0 saturated heterocycles. The fourth-order valence-electron chi connectivity index (χ4n) is 0.801. The monoisotopic (exact) mass is 209 g/mol. The number of nitrogens with two attached hydrogens (primary N) is 1. The summed E-state index contributed by atoms with van der Waals surface area (Å²) in [5.74, 6) is 7.04. The molecular weight excluding hydrogens is 198 g/mol. The Morgan fingerprint density at radius 1 is 1.64 bits per heavy atom. The number of rotatable bonds is 2. The Morgan fingerprint density at radius 2 is 2.43 bits per heavy atom. The van der Waals surface area contributed by atoms with Crippen molar-refractivity contribution in [3.63, 3.8) is 0 Å². The highest BCUT2D eigenvalue weighted by molar-refractivity contribution is 7.80. The molecule has 4 nitrogen and oxygen atoms in total. The van der Waals surface area contributed by atoms with Crippen molar-refractivity contribution in [1.29, 1.82) is 0 Å². The fourth-order valence-corrected chi connectivity index (χ4v) is 0.913. The smallest absolute Gasteiger partial charge is 0.258 e. The number of hydrogen-bond acceptors (Lipinski definition) is 5. The van der Waals surface area contributed by atoms with Gasteiger partial charge in [0.25, 0.3) is 5.88 Å². The highest BCUT2D eigenvalue weighted by Gasteiger charge is 2.01. The lowest BCUT2D eigenvalue weighted by molar-refractivity contribution is 0.398. The number of anilines is 1. The van der Waals surface area contributed by atoms with E-state index in [9.17, 15) is 0 Å². The van der Waals surface area contributed by atoms with Crippen LogP contribution in [0.3, 0.4) is 0 Å². The van der Waals surface area contributed by atoms with Crippen molar-refractivity contribution in [1.82, 2.24) is 9.97 Å². The third-order valence-electron chi connectivity index (χ3n) is 1.41. The van der Waals surface area contributed by atoms with E-state index >= 15 is 0 Å². The van der Waals surface area contributed by atoms with Crippen molar-refractivity contribution in [2.75, 3.05) is 18.6 Å². The Balaban J connectivity index is 2.86. The van der Waals surface area contributed by atoms with Gasteiger partial charge in [-0.1, -0.05) is 5.92 Å². The van der Waals surface area contributed by atoms with Crippen molar-refractivity contribution in [2.45, 2.75) is 6.42 Å². The van der Waals surface area contributed by atoms with Gasteiger partial charge in [-0.15, -0.1) is 0 Å². The molecule has 0 amide bonds. The van der Waals surface area contributed by atoms with Crippen molar-refractivity contribution in [2.24, 2.45) is 0 Å². The van der Waals surface area contributed by atoms with Crippen molar-refractivity contribution in [3.8, 4) is 17.7 Å². The average Bonchev–Trinajstić information content (AvgIpc) is 2.21. The van der Waals surface area contributed by atoms with Gasteiger partial charge >= 0.3 is 0 Å². The Bertz CT molecular complexity index is 370. The van der Waals surface area contributed by atoms with E-state index in [1.807, 2.05) is 0 Å². The van der Waals surface area contributed by atoms with Crippen LogP contribution in [0.5, 0.6) is 5.88 Å². The maximum absolute atomic E-state index is 5.50. The molecule has 1 aromatic rings. The standard InChI is InChI=1S/C9H11N3OS/c1-13-9-8(10)11-6-7(12-9)4-2-3-5-14/h6,14H,3,5H2,1H3,(H2,10,11). The zero-order valence-corrected chi connectivity index (χ0v) is 8.71. The summed E-state index contributed by atoms with van der Waals surface area (Å²) in [4.78, 5) is 7.95. The van der Waals surface area contributed by atoms with Crippen molar-refractivity contribution >= 4 is 18.4 Å². The van der Waals surface area contributed by atoms with E-state index in [1.165, 1.54) is 13.3 Å². The lowest BCUT2D eigenvalue weighted by Gasteiger charge is -2.00. The van der Waals surface area contributed by atoms with Crippen LogP contribution in [-0.4, -0.2) is 22.8 Å². The summed E-state index contributed by atoms with van der Waals surface area (Å²) in [7, 11) is 1.49. The van der Waals surface area contributed by atoms with Crippen LogP contribution in [0.25, 0.3) is 0 Å². The van der Waals surface area contributed by atoms with Crippen LogP contribution in [0.2, 0.25) is 0 Å². The minimum atomic E-state index is 0.271. The first-order chi connectivity index (χ1) is 6.77. The summed E-state index contributed by atoms with van der Waals surface area (Å²) in [6, 6.07) is 0. The molecule has 0 bridgehead atoms. The zero-order valence-electron chi connectivity index (χ0n) is 7.82. The Labute approximate surface area is 88.3 Å². The first-order valence-corrected chi connectivity index (χ1v) is 4.67. The molecule has 1 aromatic heterocycles. The van der Waals surface area contributed by atoms with Crippen molar-refractivity contribution in [3.05, 3.63) is 11.9 Å². The number of nitrogen functional groups attached to an aromatic ring is 1. The summed E-state index contributed by atoms with van der Waals surface area (Å²) in [5, 5.41) is 0. The lowest BCUT2D eigenvalue weighted by Crippen LogP contribution is -1.99. The molecular formula is C9H11N3OS. The van der Waals surface area contributed by atoms with Crippen LogP contribution in [-0.2, 0) is 0 Å². The summed E-state index contributed by atoms with van der Waals surface area (Å²) in [6.07, 6.45) is 2.24. The van der Waals surface area contributed by atoms with Gasteiger partial charge in [-0.05, 0) is 5.92 Å². The molecule has 0 saturated carbocycles. The quantitative estimate of drug-likeness (QED) is 0.557. The third-order valence-corrected chi connectivity index (χ3v) is 1.64. The van der Waals surface area contributed by atoms with Crippen LogP contribution >= 0.6 is 12.6 Å². The maximum atomic E-state index is 5.50. The largest absolute Gasteiger partial charge is 0.478 e. The predicted molar refractivity (Wildman–Crippen MR) is 58.3 cm³/mol. The second kappa shape index (κ2) is 5.35. The zero-order chi connectivity index (χ0) is 10.4. The normalized spacial score (nSPS) is 9.00. The molecule has 0 aliphatic rings. The molecule has 5 heteroatoms. The minimum absolute atomic E-state index is 0.271. The molecule has 74 valence electrons. The molecule has 0 atom stereocenters. The molecule has 1 rings (SSSR count). The lowest BCUT2D eigenvalue weighted by atomic mass is 10.4. The first kappa shape index (κ1) is 10.7. The second-order valence-electron chi connectivity index (χ2n) is 2.43. The van der Waals surface area contributed by atoms with E-state index in [0.717, 1.165) is 12.2 Å². The minimum Gasteiger partial charge on any atom is -0.478 e. The summed E-state index contributed by atoms with van der Waals surface area (Å²) in [6.45, 7) is 0. The van der Waals surface area contributed by atoms with Gasteiger partial charge in [0.05, 0.1) is 13.3 Å². The van der Waals surface area contributed by atoms with E-state index in [-0.39, 0.29) is 5.82 Å². The van der Waals surface area contributed by atoms with Crippen LogP contribution in [0.1, 0.15) is 12.1 Å². The number of nitrogens with zero attached hydrogens (tertiary/aromatic N) is 2. The maximum Gasteiger partial charge on any atom is 0.258 e. The van der Waals surface area contributed by atoms with Crippen molar-refractivity contribution < 1.29 is 4.74 Å². The number of thiol groups is 1. The molecule has 1 heterocycles. The van der Waals surface area contributed by atoms with Gasteiger partial charge < -0.3 is 10.5 Å². The first-order valence-electron chi connectivity index (χ1n) is 4.04. The van der Waals surface area contributed by atoms with Gasteiger partial charge in [0.15, 0.2) is 5.82 Å². The summed E-state index contributed by atoms with van der Waals surface area (Å²) >= 11 is 4.04. The van der Waals surface area contributed by atoms with Crippen LogP contribution in [0.4, 0.5) is 5.82 Å². The summed E-state index contributed by atoms with van der Waals surface area (Å²) < 4.78 is 4.91. The van der Waals surface area contributed by atoms with Crippen LogP contribution < -0.4 is 10.5 Å². The molecule has 2 N–H and O–H groups in total. The highest BCUT2D eigenvalue weighted by Crippen LogP contribution is 2.13. The van der Waals surface area contributed by atoms with Gasteiger partial charge in [-0.2, -0.15) is 17.6 Å². The Morgan fingerprint density at radius 3 is 3.07 bits per heavy atom. The topological polar surface area (TPSA) is 61.0 Å². The van der Waals surface area contributed by atoms with E-state index in [1.54, 1.807) is 0 Å². The molecule has 0 aliphatic heterocycles. The number of aromatic nitrogens is 2. The van der Waals surface area contributed by atoms with Gasteiger partial charge in [0.2, 0.25) is 0 Å². The average molecular weight is 209 g/mol. The van der Waals surface area contributed by atoms with E-state index in [4.69, 9.17) is 10.5 Å². The van der Waals surface area contributed by atoms with Gasteiger partial charge in [0.1, 0.15) is 5.69 Å². The third kappa shape index (κ3) is 2.82. The second-order valence-corrected chi connectivity index (χ2v) is 2.87. The van der Waals surface area contributed by atoms with Gasteiger partial charge in [0, 0.05) is 12.2 Å². The Hall–Kier alpha value is -1.41. The fraction of sp³-hybridized carbons (Fsp3) is 0.333. The van der Waals surface area contributed by atoms with Crippen LogP contribution in [0, 0.1) is 11.8 Å². The van der Waals surface area contributed by atoms with E-state index < -0.39 is 0 Å². The van der Waals surface area contributed by atoms with Crippen LogP contribution in [0.15, 0.2) is 6.20 Å². The number of ether oxygens (including phenoxy) is 1. The summed E-state index contributed by atoms with van der Waals surface area (Å²) in [5.41, 5.74) is 6.05. The predicted octanol–water partition coefficient (Wildman–Crippen LogP) is 0.739. The number of methoxy groups -OCH3 is 1. The Kier molecular flexibility index (Phi) is 4.08. The van der Waals surface area contributed by atoms with Gasteiger partial charge in [-0.25, -0.2) is 4.98 Å². The van der Waals surface area contributed by atoms with E-state index in [0.29, 0.717) is 11.6 Å². The molecule has 0 unspecified atom stereocenters. The van der Waals surface area contributed by atoms with E-state index in [2.05, 4.69) is 34.4 Å². The molecule has 0 aromatic carbocycles.